The van der Waals surface area contributed by atoms with Gasteiger partial charge in [-0.15, -0.1) is 0 Å². The highest BCUT2D eigenvalue weighted by atomic mass is 35.5. The van der Waals surface area contributed by atoms with Crippen molar-refractivity contribution in [3.8, 4) is 0 Å². The number of nitrogens with zero attached hydrogens (tertiary/aromatic N) is 1. The van der Waals surface area contributed by atoms with E-state index in [0.29, 0.717) is 12.1 Å². The van der Waals surface area contributed by atoms with Gasteiger partial charge in [0.25, 0.3) is 0 Å². The summed E-state index contributed by atoms with van der Waals surface area (Å²) in [5.74, 6) is 0. The number of hydrogen-bond acceptors (Lipinski definition) is 2. The third-order valence-corrected chi connectivity index (χ3v) is 4.50. The Morgan fingerprint density at radius 3 is 2.65 bits per heavy atom. The zero-order valence-electron chi connectivity index (χ0n) is 12.7. The first kappa shape index (κ1) is 15.8. The summed E-state index contributed by atoms with van der Waals surface area (Å²) in [6.07, 6.45) is 4.99. The maximum absolute atomic E-state index is 5.90. The first-order chi connectivity index (χ1) is 9.65. The van der Waals surface area contributed by atoms with E-state index in [9.17, 15) is 0 Å². The molecule has 1 saturated heterocycles. The average molecular weight is 295 g/mol. The summed E-state index contributed by atoms with van der Waals surface area (Å²) in [6.45, 7) is 8.15. The highest BCUT2D eigenvalue weighted by Crippen LogP contribution is 2.14. The van der Waals surface area contributed by atoms with Crippen LogP contribution in [0.25, 0.3) is 0 Å². The number of rotatable bonds is 5. The molecule has 20 heavy (non-hydrogen) atoms. The second-order valence-corrected chi connectivity index (χ2v) is 6.52. The summed E-state index contributed by atoms with van der Waals surface area (Å²) in [5, 5.41) is 4.54. The standard InChI is InChI=1S/C17H27ClN2/c1-14(2)20-12-3-4-17(10-13-20)19-11-9-15-5-7-16(18)8-6-15/h5-8,14,17,19H,3-4,9-13H2,1-2H3. The molecule has 0 aliphatic carbocycles. The van der Waals surface area contributed by atoms with E-state index in [1.54, 1.807) is 0 Å². The minimum Gasteiger partial charge on any atom is -0.314 e. The molecule has 0 saturated carbocycles. The number of benzene rings is 1. The molecule has 1 atom stereocenters. The fourth-order valence-corrected chi connectivity index (χ4v) is 3.04. The Hall–Kier alpha value is -0.570. The van der Waals surface area contributed by atoms with Crippen molar-refractivity contribution in [3.05, 3.63) is 34.9 Å². The second kappa shape index (κ2) is 8.02. The molecule has 0 amide bonds. The lowest BCUT2D eigenvalue weighted by molar-refractivity contribution is 0.229. The molecule has 1 aliphatic heterocycles. The summed E-state index contributed by atoms with van der Waals surface area (Å²) in [4.78, 5) is 2.60. The first-order valence-corrected chi connectivity index (χ1v) is 8.25. The van der Waals surface area contributed by atoms with E-state index in [1.165, 1.54) is 37.9 Å². The average Bonchev–Trinajstić information content (AvgIpc) is 2.67. The number of halogens is 1. The molecule has 0 bridgehead atoms. The van der Waals surface area contributed by atoms with Gasteiger partial charge >= 0.3 is 0 Å². The Kier molecular flexibility index (Phi) is 6.34. The van der Waals surface area contributed by atoms with Gasteiger partial charge in [-0.1, -0.05) is 23.7 Å². The molecule has 1 fully saturated rings. The van der Waals surface area contributed by atoms with Crippen LogP contribution in [-0.4, -0.2) is 36.6 Å². The van der Waals surface area contributed by atoms with Crippen LogP contribution < -0.4 is 5.32 Å². The predicted octanol–water partition coefficient (Wildman–Crippen LogP) is 3.74. The Bertz CT molecular complexity index is 388. The number of nitrogens with one attached hydrogen (secondary N) is 1. The molecule has 112 valence electrons. The summed E-state index contributed by atoms with van der Waals surface area (Å²) in [6, 6.07) is 9.57. The van der Waals surface area contributed by atoms with Gasteiger partial charge in [0.15, 0.2) is 0 Å². The highest BCUT2D eigenvalue weighted by Gasteiger charge is 2.17. The zero-order chi connectivity index (χ0) is 14.4. The lowest BCUT2D eigenvalue weighted by Gasteiger charge is -2.24. The van der Waals surface area contributed by atoms with E-state index in [1.807, 2.05) is 12.1 Å². The van der Waals surface area contributed by atoms with Gasteiger partial charge in [-0.05, 0) is 76.9 Å². The topological polar surface area (TPSA) is 15.3 Å². The van der Waals surface area contributed by atoms with Gasteiger partial charge in [-0.3, -0.25) is 0 Å². The van der Waals surface area contributed by atoms with Gasteiger partial charge in [0.1, 0.15) is 0 Å². The van der Waals surface area contributed by atoms with Crippen LogP contribution in [0.3, 0.4) is 0 Å². The maximum atomic E-state index is 5.90. The molecule has 0 radical (unpaired) electrons. The molecule has 1 aromatic carbocycles. The fraction of sp³-hybridized carbons (Fsp3) is 0.647. The minimum absolute atomic E-state index is 0.683. The molecule has 0 spiro atoms. The van der Waals surface area contributed by atoms with Crippen molar-refractivity contribution in [2.75, 3.05) is 19.6 Å². The lowest BCUT2D eigenvalue weighted by atomic mass is 10.1. The second-order valence-electron chi connectivity index (χ2n) is 6.09. The Balaban J connectivity index is 1.70. The van der Waals surface area contributed by atoms with E-state index in [2.05, 4.69) is 36.2 Å². The SMILES string of the molecule is CC(C)N1CCCC(NCCc2ccc(Cl)cc2)CC1. The van der Waals surface area contributed by atoms with E-state index >= 15 is 0 Å². The molecular formula is C17H27ClN2. The first-order valence-electron chi connectivity index (χ1n) is 7.87. The summed E-state index contributed by atoms with van der Waals surface area (Å²) in [5.41, 5.74) is 1.36. The number of likely N-dealkylation sites (tertiary alicyclic amines) is 1. The fourth-order valence-electron chi connectivity index (χ4n) is 2.91. The van der Waals surface area contributed by atoms with Crippen LogP contribution in [0.4, 0.5) is 0 Å². The van der Waals surface area contributed by atoms with Gasteiger partial charge in [-0.25, -0.2) is 0 Å². The molecule has 1 N–H and O–H groups in total. The van der Waals surface area contributed by atoms with Crippen LogP contribution in [0.2, 0.25) is 5.02 Å². The minimum atomic E-state index is 0.683. The van der Waals surface area contributed by atoms with Crippen LogP contribution in [0.1, 0.15) is 38.7 Å². The van der Waals surface area contributed by atoms with Crippen molar-refractivity contribution in [2.24, 2.45) is 0 Å². The van der Waals surface area contributed by atoms with Gasteiger partial charge in [-0.2, -0.15) is 0 Å². The van der Waals surface area contributed by atoms with Crippen LogP contribution in [0.5, 0.6) is 0 Å². The van der Waals surface area contributed by atoms with Crippen molar-refractivity contribution in [2.45, 2.75) is 51.6 Å². The Morgan fingerprint density at radius 1 is 1.20 bits per heavy atom. The maximum Gasteiger partial charge on any atom is 0.0406 e. The third-order valence-electron chi connectivity index (χ3n) is 4.25. The largest absolute Gasteiger partial charge is 0.314 e. The van der Waals surface area contributed by atoms with Gasteiger partial charge in [0.2, 0.25) is 0 Å². The molecule has 2 nitrogen and oxygen atoms in total. The molecule has 1 unspecified atom stereocenters. The normalized spacial score (nSPS) is 21.1. The van der Waals surface area contributed by atoms with E-state index in [4.69, 9.17) is 11.6 Å². The predicted molar refractivity (Wildman–Crippen MR) is 87.5 cm³/mol. The summed E-state index contributed by atoms with van der Waals surface area (Å²) in [7, 11) is 0. The van der Waals surface area contributed by atoms with Crippen LogP contribution >= 0.6 is 11.6 Å². The molecular weight excluding hydrogens is 268 g/mol. The van der Waals surface area contributed by atoms with Crippen molar-refractivity contribution in [1.82, 2.24) is 10.2 Å². The van der Waals surface area contributed by atoms with Crippen molar-refractivity contribution >= 4 is 11.6 Å². The smallest absolute Gasteiger partial charge is 0.0406 e. The summed E-state index contributed by atoms with van der Waals surface area (Å²) >= 11 is 5.90. The molecule has 0 aromatic heterocycles. The van der Waals surface area contributed by atoms with Crippen molar-refractivity contribution in [3.63, 3.8) is 0 Å². The molecule has 3 heteroatoms. The van der Waals surface area contributed by atoms with Gasteiger partial charge < -0.3 is 10.2 Å². The lowest BCUT2D eigenvalue weighted by Crippen LogP contribution is -2.34. The van der Waals surface area contributed by atoms with E-state index < -0.39 is 0 Å². The van der Waals surface area contributed by atoms with Crippen LogP contribution in [0, 0.1) is 0 Å². The van der Waals surface area contributed by atoms with Crippen molar-refractivity contribution < 1.29 is 0 Å². The molecule has 1 heterocycles. The Labute approximate surface area is 128 Å². The Morgan fingerprint density at radius 2 is 1.95 bits per heavy atom. The summed E-state index contributed by atoms with van der Waals surface area (Å²) < 4.78 is 0. The zero-order valence-corrected chi connectivity index (χ0v) is 13.5. The van der Waals surface area contributed by atoms with Gasteiger partial charge in [0.05, 0.1) is 0 Å². The third kappa shape index (κ3) is 5.08. The van der Waals surface area contributed by atoms with Crippen LogP contribution in [-0.2, 0) is 6.42 Å². The quantitative estimate of drug-likeness (QED) is 0.890. The number of hydrogen-bond donors (Lipinski definition) is 1. The van der Waals surface area contributed by atoms with E-state index in [0.717, 1.165) is 18.0 Å². The monoisotopic (exact) mass is 294 g/mol. The molecule has 1 aromatic rings. The van der Waals surface area contributed by atoms with Gasteiger partial charge in [0, 0.05) is 17.1 Å². The highest BCUT2D eigenvalue weighted by molar-refractivity contribution is 6.30. The van der Waals surface area contributed by atoms with Crippen LogP contribution in [0.15, 0.2) is 24.3 Å². The van der Waals surface area contributed by atoms with Crippen molar-refractivity contribution in [1.29, 1.82) is 0 Å². The van der Waals surface area contributed by atoms with E-state index in [-0.39, 0.29) is 0 Å². The molecule has 2 rings (SSSR count). The molecule has 1 aliphatic rings.